The van der Waals surface area contributed by atoms with E-state index in [0.717, 1.165) is 16.8 Å². The second kappa shape index (κ2) is 6.85. The Kier molecular flexibility index (Phi) is 4.37. The van der Waals surface area contributed by atoms with Crippen LogP contribution in [0.1, 0.15) is 27.8 Å². The number of methoxy groups -OCH3 is 1. The van der Waals surface area contributed by atoms with Crippen molar-refractivity contribution < 1.29 is 13.9 Å². The summed E-state index contributed by atoms with van der Waals surface area (Å²) in [6.45, 7) is 0. The van der Waals surface area contributed by atoms with Crippen molar-refractivity contribution >= 4 is 29.2 Å². The molecule has 27 heavy (non-hydrogen) atoms. The standard InChI is InChI=1S/C19H14ClFN4O2/c1-27-18(26)17-23-19-22-15(11-2-6-13(20)7-3-11)10-16(25(19)24-17)12-4-8-14(21)9-5-12/h2-10,16H,1H3,(H,22,23,24). The van der Waals surface area contributed by atoms with Gasteiger partial charge >= 0.3 is 5.97 Å². The van der Waals surface area contributed by atoms with Crippen LogP contribution in [0.15, 0.2) is 54.6 Å². The van der Waals surface area contributed by atoms with Gasteiger partial charge in [0, 0.05) is 10.7 Å². The van der Waals surface area contributed by atoms with E-state index in [0.29, 0.717) is 11.0 Å². The molecule has 2 aromatic carbocycles. The number of rotatable bonds is 3. The van der Waals surface area contributed by atoms with E-state index >= 15 is 0 Å². The highest BCUT2D eigenvalue weighted by Crippen LogP contribution is 2.33. The molecule has 1 unspecified atom stereocenters. The number of aromatic nitrogens is 3. The largest absolute Gasteiger partial charge is 0.463 e. The van der Waals surface area contributed by atoms with Crippen LogP contribution in [-0.2, 0) is 4.74 Å². The molecule has 0 radical (unpaired) electrons. The van der Waals surface area contributed by atoms with Crippen molar-refractivity contribution in [3.8, 4) is 0 Å². The number of esters is 1. The average molecular weight is 385 g/mol. The molecule has 3 aromatic rings. The quantitative estimate of drug-likeness (QED) is 0.693. The smallest absolute Gasteiger partial charge is 0.378 e. The molecule has 0 fully saturated rings. The zero-order chi connectivity index (χ0) is 19.0. The predicted molar refractivity (Wildman–Crippen MR) is 99.0 cm³/mol. The fourth-order valence-corrected chi connectivity index (χ4v) is 2.99. The number of allylic oxidation sites excluding steroid dienone is 1. The van der Waals surface area contributed by atoms with Gasteiger partial charge in [-0.1, -0.05) is 35.9 Å². The molecule has 8 heteroatoms. The number of benzene rings is 2. The zero-order valence-electron chi connectivity index (χ0n) is 14.2. The van der Waals surface area contributed by atoms with E-state index in [2.05, 4.69) is 15.4 Å². The fraction of sp³-hybridized carbons (Fsp3) is 0.105. The van der Waals surface area contributed by atoms with E-state index in [1.54, 1.807) is 28.9 Å². The number of hydrogen-bond acceptors (Lipinski definition) is 5. The van der Waals surface area contributed by atoms with Crippen LogP contribution in [0.3, 0.4) is 0 Å². The van der Waals surface area contributed by atoms with Gasteiger partial charge in [-0.3, -0.25) is 0 Å². The minimum Gasteiger partial charge on any atom is -0.463 e. The molecule has 0 spiro atoms. The van der Waals surface area contributed by atoms with Crippen molar-refractivity contribution in [3.05, 3.63) is 82.4 Å². The first-order valence-electron chi connectivity index (χ1n) is 8.10. The minimum absolute atomic E-state index is 0.0575. The van der Waals surface area contributed by atoms with E-state index < -0.39 is 5.97 Å². The molecule has 0 saturated carbocycles. The SMILES string of the molecule is COC(=O)c1nc2n(n1)C(c1ccc(F)cc1)C=C(c1ccc(Cl)cc1)N2. The van der Waals surface area contributed by atoms with Crippen LogP contribution in [0.5, 0.6) is 0 Å². The number of halogens is 2. The van der Waals surface area contributed by atoms with Gasteiger partial charge in [-0.15, -0.1) is 5.10 Å². The van der Waals surface area contributed by atoms with Gasteiger partial charge in [-0.2, -0.15) is 4.98 Å². The molecule has 1 aliphatic heterocycles. The van der Waals surface area contributed by atoms with Gasteiger partial charge in [0.05, 0.1) is 7.11 Å². The third-order valence-corrected chi connectivity index (χ3v) is 4.45. The molecule has 1 atom stereocenters. The van der Waals surface area contributed by atoms with Crippen LogP contribution < -0.4 is 5.32 Å². The van der Waals surface area contributed by atoms with Gasteiger partial charge in [-0.05, 0) is 41.5 Å². The molecule has 1 aliphatic rings. The maximum atomic E-state index is 13.3. The average Bonchev–Trinajstić information content (AvgIpc) is 3.12. The molecular weight excluding hydrogens is 371 g/mol. The first-order chi connectivity index (χ1) is 13.0. The maximum Gasteiger partial charge on any atom is 0.378 e. The van der Waals surface area contributed by atoms with Crippen LogP contribution >= 0.6 is 11.6 Å². The lowest BCUT2D eigenvalue weighted by Crippen LogP contribution is -2.20. The lowest BCUT2D eigenvalue weighted by atomic mass is 10.0. The maximum absolute atomic E-state index is 13.3. The fourth-order valence-electron chi connectivity index (χ4n) is 2.87. The van der Waals surface area contributed by atoms with Crippen LogP contribution in [-0.4, -0.2) is 27.8 Å². The molecule has 4 rings (SSSR count). The van der Waals surface area contributed by atoms with Gasteiger partial charge in [0.15, 0.2) is 0 Å². The summed E-state index contributed by atoms with van der Waals surface area (Å²) >= 11 is 5.97. The molecular formula is C19H14ClFN4O2. The van der Waals surface area contributed by atoms with Gasteiger partial charge in [0.1, 0.15) is 11.9 Å². The second-order valence-electron chi connectivity index (χ2n) is 5.90. The Labute approximate surface area is 159 Å². The molecule has 0 saturated heterocycles. The Morgan fingerprint density at radius 3 is 2.56 bits per heavy atom. The highest BCUT2D eigenvalue weighted by molar-refractivity contribution is 6.30. The lowest BCUT2D eigenvalue weighted by molar-refractivity contribution is 0.0586. The Morgan fingerprint density at radius 1 is 1.19 bits per heavy atom. The zero-order valence-corrected chi connectivity index (χ0v) is 14.9. The van der Waals surface area contributed by atoms with Crippen LogP contribution in [0, 0.1) is 5.82 Å². The van der Waals surface area contributed by atoms with E-state index in [1.807, 2.05) is 18.2 Å². The molecule has 1 aromatic heterocycles. The summed E-state index contributed by atoms with van der Waals surface area (Å²) in [6, 6.07) is 13.0. The first-order valence-corrected chi connectivity index (χ1v) is 8.48. The molecule has 0 aliphatic carbocycles. The van der Waals surface area contributed by atoms with Crippen LogP contribution in [0.2, 0.25) is 5.02 Å². The van der Waals surface area contributed by atoms with Crippen molar-refractivity contribution in [2.45, 2.75) is 6.04 Å². The summed E-state index contributed by atoms with van der Waals surface area (Å²) in [6.07, 6.45) is 1.93. The number of ether oxygens (including phenoxy) is 1. The lowest BCUT2D eigenvalue weighted by Gasteiger charge is -2.24. The van der Waals surface area contributed by atoms with E-state index in [9.17, 15) is 9.18 Å². The van der Waals surface area contributed by atoms with E-state index in [1.165, 1.54) is 19.2 Å². The molecule has 6 nitrogen and oxygen atoms in total. The molecule has 0 amide bonds. The van der Waals surface area contributed by atoms with Crippen molar-refractivity contribution in [2.24, 2.45) is 0 Å². The van der Waals surface area contributed by atoms with Crippen LogP contribution in [0.4, 0.5) is 10.3 Å². The number of nitrogens with one attached hydrogen (secondary N) is 1. The van der Waals surface area contributed by atoms with Crippen molar-refractivity contribution in [3.63, 3.8) is 0 Å². The molecule has 1 N–H and O–H groups in total. The summed E-state index contributed by atoms with van der Waals surface area (Å²) in [5, 5.41) is 8.05. The summed E-state index contributed by atoms with van der Waals surface area (Å²) < 4.78 is 19.6. The summed E-state index contributed by atoms with van der Waals surface area (Å²) in [7, 11) is 1.27. The number of nitrogens with zero attached hydrogens (tertiary/aromatic N) is 3. The van der Waals surface area contributed by atoms with Gasteiger partial charge in [-0.25, -0.2) is 13.9 Å². The summed E-state index contributed by atoms with van der Waals surface area (Å²) in [4.78, 5) is 16.1. The highest BCUT2D eigenvalue weighted by Gasteiger charge is 2.27. The highest BCUT2D eigenvalue weighted by atomic mass is 35.5. The monoisotopic (exact) mass is 384 g/mol. The van der Waals surface area contributed by atoms with E-state index in [-0.39, 0.29) is 17.7 Å². The Morgan fingerprint density at radius 2 is 1.89 bits per heavy atom. The first kappa shape index (κ1) is 17.2. The van der Waals surface area contributed by atoms with E-state index in [4.69, 9.17) is 16.3 Å². The number of anilines is 1. The Bertz CT molecular complexity index is 1030. The molecule has 2 heterocycles. The third kappa shape index (κ3) is 3.29. The Hall–Kier alpha value is -3.19. The third-order valence-electron chi connectivity index (χ3n) is 4.20. The van der Waals surface area contributed by atoms with Gasteiger partial charge in [0.25, 0.3) is 5.82 Å². The number of carbonyl (C=O) groups excluding carboxylic acids is 1. The van der Waals surface area contributed by atoms with Crippen molar-refractivity contribution in [1.82, 2.24) is 14.8 Å². The normalized spacial score (nSPS) is 15.5. The number of hydrogen-bond donors (Lipinski definition) is 1. The Balaban J connectivity index is 1.82. The second-order valence-corrected chi connectivity index (χ2v) is 6.34. The predicted octanol–water partition coefficient (Wildman–Crippen LogP) is 3.91. The van der Waals surface area contributed by atoms with Gasteiger partial charge in [0.2, 0.25) is 5.95 Å². The summed E-state index contributed by atoms with van der Waals surface area (Å²) in [5.41, 5.74) is 2.46. The van der Waals surface area contributed by atoms with Crippen LogP contribution in [0.25, 0.3) is 5.70 Å². The summed E-state index contributed by atoms with van der Waals surface area (Å²) in [5.74, 6) is -0.636. The van der Waals surface area contributed by atoms with Crippen molar-refractivity contribution in [1.29, 1.82) is 0 Å². The number of fused-ring (bicyclic) bond motifs is 1. The topological polar surface area (TPSA) is 69.0 Å². The number of carbonyl (C=O) groups is 1. The van der Waals surface area contributed by atoms with Crippen molar-refractivity contribution in [2.75, 3.05) is 12.4 Å². The molecule has 136 valence electrons. The molecule has 0 bridgehead atoms. The van der Waals surface area contributed by atoms with Gasteiger partial charge < -0.3 is 10.1 Å². The minimum atomic E-state index is -0.635.